The molecule has 1 saturated heterocycles. The summed E-state index contributed by atoms with van der Waals surface area (Å²) in [5.74, 6) is -0.445. The van der Waals surface area contributed by atoms with E-state index in [9.17, 15) is 18.0 Å². The Labute approximate surface area is 122 Å². The van der Waals surface area contributed by atoms with E-state index < -0.39 is 16.1 Å². The largest absolute Gasteiger partial charge is 0.353 e. The van der Waals surface area contributed by atoms with Crippen LogP contribution in [0.25, 0.3) is 0 Å². The van der Waals surface area contributed by atoms with E-state index in [1.807, 2.05) is 0 Å². The molecule has 1 unspecified atom stereocenters. The molecule has 1 aliphatic rings. The van der Waals surface area contributed by atoms with Crippen molar-refractivity contribution in [2.24, 2.45) is 0 Å². The van der Waals surface area contributed by atoms with Crippen LogP contribution in [-0.4, -0.2) is 46.4 Å². The second kappa shape index (κ2) is 6.20. The molecule has 1 fully saturated rings. The van der Waals surface area contributed by atoms with E-state index in [0.717, 1.165) is 0 Å². The number of carbonyl (C=O) groups excluding carboxylic acids is 2. The Kier molecular flexibility index (Phi) is 4.56. The highest BCUT2D eigenvalue weighted by atomic mass is 32.2. The van der Waals surface area contributed by atoms with Gasteiger partial charge in [-0.3, -0.25) is 14.9 Å². The molecule has 4 N–H and O–H groups in total. The molecular formula is C12H16N4O4S. The second-order valence-corrected chi connectivity index (χ2v) is 6.35. The van der Waals surface area contributed by atoms with Crippen LogP contribution >= 0.6 is 0 Å². The summed E-state index contributed by atoms with van der Waals surface area (Å²) in [5, 5.41) is 8.04. The van der Waals surface area contributed by atoms with Crippen molar-refractivity contribution in [2.75, 3.05) is 25.5 Å². The van der Waals surface area contributed by atoms with E-state index >= 15 is 0 Å². The van der Waals surface area contributed by atoms with Crippen LogP contribution in [0.4, 0.5) is 5.69 Å². The Hall–Kier alpha value is -1.97. The van der Waals surface area contributed by atoms with E-state index in [1.165, 1.54) is 31.3 Å². The van der Waals surface area contributed by atoms with Crippen LogP contribution in [0.1, 0.15) is 0 Å². The maximum absolute atomic E-state index is 12.0. The molecule has 21 heavy (non-hydrogen) atoms. The molecule has 0 spiro atoms. The molecule has 0 saturated carbocycles. The topological polar surface area (TPSA) is 116 Å². The van der Waals surface area contributed by atoms with Gasteiger partial charge in [0, 0.05) is 12.2 Å². The SMILES string of the molecule is CNS(=O)(=O)c1ccc(NC(=O)C2CNC(=O)CN2)cc1. The fraction of sp³-hybridized carbons (Fsp3) is 0.333. The normalized spacial score (nSPS) is 18.9. The average Bonchev–Trinajstić information content (AvgIpc) is 2.48. The van der Waals surface area contributed by atoms with E-state index in [1.54, 1.807) is 0 Å². The minimum atomic E-state index is -3.49. The maximum atomic E-state index is 12.0. The van der Waals surface area contributed by atoms with Gasteiger partial charge in [0.15, 0.2) is 0 Å². The summed E-state index contributed by atoms with van der Waals surface area (Å²) in [6, 6.07) is 5.30. The summed E-state index contributed by atoms with van der Waals surface area (Å²) < 4.78 is 25.3. The van der Waals surface area contributed by atoms with Gasteiger partial charge < -0.3 is 10.6 Å². The summed E-state index contributed by atoms with van der Waals surface area (Å²) in [7, 11) is -2.17. The van der Waals surface area contributed by atoms with Crippen molar-refractivity contribution in [2.45, 2.75) is 10.9 Å². The van der Waals surface area contributed by atoms with Gasteiger partial charge in [-0.15, -0.1) is 0 Å². The van der Waals surface area contributed by atoms with Crippen LogP contribution in [0.2, 0.25) is 0 Å². The minimum Gasteiger partial charge on any atom is -0.353 e. The third kappa shape index (κ3) is 3.78. The number of hydrogen-bond acceptors (Lipinski definition) is 5. The molecule has 1 heterocycles. The Morgan fingerprint density at radius 1 is 1.29 bits per heavy atom. The van der Waals surface area contributed by atoms with E-state index in [2.05, 4.69) is 20.7 Å². The fourth-order valence-electron chi connectivity index (χ4n) is 1.82. The lowest BCUT2D eigenvalue weighted by Crippen LogP contribution is -2.56. The Balaban J connectivity index is 2.00. The third-order valence-corrected chi connectivity index (χ3v) is 4.46. The number of nitrogens with one attached hydrogen (secondary N) is 4. The molecule has 1 aromatic rings. The molecular weight excluding hydrogens is 296 g/mol. The lowest BCUT2D eigenvalue weighted by atomic mass is 10.2. The molecule has 9 heteroatoms. The molecule has 2 amide bonds. The number of sulfonamides is 1. The van der Waals surface area contributed by atoms with E-state index in [-0.39, 0.29) is 29.8 Å². The van der Waals surface area contributed by atoms with Crippen LogP contribution in [0.5, 0.6) is 0 Å². The maximum Gasteiger partial charge on any atom is 0.243 e. The van der Waals surface area contributed by atoms with Crippen LogP contribution in [0.3, 0.4) is 0 Å². The lowest BCUT2D eigenvalue weighted by Gasteiger charge is -2.23. The lowest BCUT2D eigenvalue weighted by molar-refractivity contribution is -0.124. The van der Waals surface area contributed by atoms with Gasteiger partial charge in [-0.05, 0) is 31.3 Å². The zero-order valence-corrected chi connectivity index (χ0v) is 12.2. The monoisotopic (exact) mass is 312 g/mol. The van der Waals surface area contributed by atoms with Gasteiger partial charge in [0.25, 0.3) is 0 Å². The molecule has 114 valence electrons. The molecule has 1 aromatic carbocycles. The van der Waals surface area contributed by atoms with E-state index in [0.29, 0.717) is 5.69 Å². The highest BCUT2D eigenvalue weighted by Gasteiger charge is 2.23. The molecule has 1 aliphatic heterocycles. The second-order valence-electron chi connectivity index (χ2n) is 4.46. The predicted molar refractivity (Wildman–Crippen MR) is 76.1 cm³/mol. The molecule has 0 bridgehead atoms. The van der Waals surface area contributed by atoms with Crippen molar-refractivity contribution >= 4 is 27.5 Å². The number of amides is 2. The van der Waals surface area contributed by atoms with E-state index in [4.69, 9.17) is 0 Å². The first-order valence-electron chi connectivity index (χ1n) is 6.27. The zero-order valence-electron chi connectivity index (χ0n) is 11.3. The summed E-state index contributed by atoms with van der Waals surface area (Å²) >= 11 is 0. The standard InChI is InChI=1S/C12H16N4O4S/c1-13-21(19,20)9-4-2-8(3-5-9)16-12(18)10-6-15-11(17)7-14-10/h2-5,10,13-14H,6-7H2,1H3,(H,15,17)(H,16,18). The highest BCUT2D eigenvalue weighted by Crippen LogP contribution is 2.14. The van der Waals surface area contributed by atoms with Gasteiger partial charge in [-0.25, -0.2) is 13.1 Å². The fourth-order valence-corrected chi connectivity index (χ4v) is 2.55. The van der Waals surface area contributed by atoms with Gasteiger partial charge >= 0.3 is 0 Å². The van der Waals surface area contributed by atoms with Crippen molar-refractivity contribution in [1.82, 2.24) is 15.4 Å². The van der Waals surface area contributed by atoms with Crippen molar-refractivity contribution in [3.63, 3.8) is 0 Å². The van der Waals surface area contributed by atoms with Crippen molar-refractivity contribution < 1.29 is 18.0 Å². The first kappa shape index (κ1) is 15.4. The molecule has 2 rings (SSSR count). The van der Waals surface area contributed by atoms with Gasteiger partial charge in [0.1, 0.15) is 6.04 Å². The summed E-state index contributed by atoms with van der Waals surface area (Å²) in [5.41, 5.74) is 0.480. The molecule has 8 nitrogen and oxygen atoms in total. The van der Waals surface area contributed by atoms with Gasteiger partial charge in [0.05, 0.1) is 11.4 Å². The third-order valence-electron chi connectivity index (χ3n) is 3.03. The van der Waals surface area contributed by atoms with Crippen molar-refractivity contribution in [3.8, 4) is 0 Å². The number of benzene rings is 1. The number of piperazine rings is 1. The number of hydrogen-bond donors (Lipinski definition) is 4. The minimum absolute atomic E-state index is 0.0947. The van der Waals surface area contributed by atoms with Crippen LogP contribution in [-0.2, 0) is 19.6 Å². The number of anilines is 1. The Bertz CT molecular complexity index is 632. The van der Waals surface area contributed by atoms with Gasteiger partial charge in [-0.2, -0.15) is 0 Å². The smallest absolute Gasteiger partial charge is 0.243 e. The molecule has 0 aromatic heterocycles. The molecule has 1 atom stereocenters. The highest BCUT2D eigenvalue weighted by molar-refractivity contribution is 7.89. The first-order chi connectivity index (χ1) is 9.92. The molecule has 0 aliphatic carbocycles. The number of rotatable bonds is 4. The van der Waals surface area contributed by atoms with Crippen LogP contribution < -0.4 is 20.7 Å². The quantitative estimate of drug-likeness (QED) is 0.547. The van der Waals surface area contributed by atoms with Crippen molar-refractivity contribution in [1.29, 1.82) is 0 Å². The Morgan fingerprint density at radius 3 is 2.48 bits per heavy atom. The van der Waals surface area contributed by atoms with Gasteiger partial charge in [-0.1, -0.05) is 0 Å². The Morgan fingerprint density at radius 2 is 1.95 bits per heavy atom. The molecule has 0 radical (unpaired) electrons. The van der Waals surface area contributed by atoms with Crippen LogP contribution in [0, 0.1) is 0 Å². The zero-order chi connectivity index (χ0) is 15.5. The van der Waals surface area contributed by atoms with Crippen molar-refractivity contribution in [3.05, 3.63) is 24.3 Å². The summed E-state index contributed by atoms with van der Waals surface area (Å²) in [6.45, 7) is 0.314. The van der Waals surface area contributed by atoms with Gasteiger partial charge in [0.2, 0.25) is 21.8 Å². The average molecular weight is 312 g/mol. The predicted octanol–water partition coefficient (Wildman–Crippen LogP) is -1.38. The first-order valence-corrected chi connectivity index (χ1v) is 7.75. The van der Waals surface area contributed by atoms with Crippen LogP contribution in [0.15, 0.2) is 29.2 Å². The number of carbonyl (C=O) groups is 2. The summed E-state index contributed by atoms with van der Waals surface area (Å²) in [6.07, 6.45) is 0. The summed E-state index contributed by atoms with van der Waals surface area (Å²) in [4.78, 5) is 23.1.